The zero-order valence-electron chi connectivity index (χ0n) is 14.6. The Balaban J connectivity index is 1.55. The van der Waals surface area contributed by atoms with Gasteiger partial charge >= 0.3 is 0 Å². The van der Waals surface area contributed by atoms with Gasteiger partial charge in [0, 0.05) is 38.4 Å². The number of carbonyl (C=O) groups excluding carboxylic acids is 1. The predicted molar refractivity (Wildman–Crippen MR) is 96.3 cm³/mol. The van der Waals surface area contributed by atoms with Gasteiger partial charge in [-0.2, -0.15) is 0 Å². The minimum atomic E-state index is -0.0222. The summed E-state index contributed by atoms with van der Waals surface area (Å²) in [5.41, 5.74) is 3.14. The SMILES string of the molecule is Cn1cncc1-c1cncc([C@H]2CCCN(C(=O)c3ccccn3)C2)n1. The Morgan fingerprint density at radius 3 is 2.88 bits per heavy atom. The largest absolute Gasteiger partial charge is 0.337 e. The van der Waals surface area contributed by atoms with E-state index in [2.05, 4.69) is 15.0 Å². The number of aromatic nitrogens is 5. The molecule has 0 unspecified atom stereocenters. The van der Waals surface area contributed by atoms with E-state index in [9.17, 15) is 4.79 Å². The molecule has 0 saturated carbocycles. The number of hydrogen-bond acceptors (Lipinski definition) is 5. The third kappa shape index (κ3) is 3.20. The first-order valence-electron chi connectivity index (χ1n) is 8.71. The average Bonchev–Trinajstić information content (AvgIpc) is 3.14. The first-order valence-corrected chi connectivity index (χ1v) is 8.71. The second kappa shape index (κ2) is 7.03. The van der Waals surface area contributed by atoms with Crippen LogP contribution in [0.25, 0.3) is 11.4 Å². The van der Waals surface area contributed by atoms with Gasteiger partial charge in [0.25, 0.3) is 5.91 Å². The zero-order valence-corrected chi connectivity index (χ0v) is 14.6. The number of carbonyl (C=O) groups is 1. The first kappa shape index (κ1) is 16.4. The van der Waals surface area contributed by atoms with Crippen molar-refractivity contribution in [2.45, 2.75) is 18.8 Å². The number of imidazole rings is 1. The standard InChI is InChI=1S/C19H20N6O/c1-24-13-21-11-18(24)17-10-20-9-16(23-17)14-5-4-8-25(12-14)19(26)15-6-2-3-7-22-15/h2-3,6-7,9-11,13-14H,4-5,8,12H2,1H3/t14-/m0/s1. The van der Waals surface area contributed by atoms with Crippen LogP contribution in [0.2, 0.25) is 0 Å². The number of amides is 1. The highest BCUT2D eigenvalue weighted by Gasteiger charge is 2.27. The Bertz CT molecular complexity index is 907. The summed E-state index contributed by atoms with van der Waals surface area (Å²) in [4.78, 5) is 32.0. The van der Waals surface area contributed by atoms with Gasteiger partial charge in [-0.1, -0.05) is 6.07 Å². The lowest BCUT2D eigenvalue weighted by Crippen LogP contribution is -2.39. The van der Waals surface area contributed by atoms with E-state index >= 15 is 0 Å². The number of nitrogens with zero attached hydrogens (tertiary/aromatic N) is 6. The molecule has 0 aromatic carbocycles. The Labute approximate surface area is 151 Å². The summed E-state index contributed by atoms with van der Waals surface area (Å²) >= 11 is 0. The summed E-state index contributed by atoms with van der Waals surface area (Å²) < 4.78 is 1.92. The number of aryl methyl sites for hydroxylation is 1. The minimum Gasteiger partial charge on any atom is -0.337 e. The second-order valence-corrected chi connectivity index (χ2v) is 6.52. The molecule has 0 bridgehead atoms. The van der Waals surface area contributed by atoms with E-state index in [-0.39, 0.29) is 11.8 Å². The van der Waals surface area contributed by atoms with Crippen molar-refractivity contribution in [3.05, 3.63) is 60.7 Å². The number of piperidine rings is 1. The molecule has 132 valence electrons. The van der Waals surface area contributed by atoms with Crippen LogP contribution in [-0.4, -0.2) is 48.4 Å². The van der Waals surface area contributed by atoms with Crippen molar-refractivity contribution >= 4 is 5.91 Å². The molecule has 3 aromatic heterocycles. The van der Waals surface area contributed by atoms with Crippen LogP contribution in [0.1, 0.15) is 34.9 Å². The molecule has 7 heteroatoms. The maximum Gasteiger partial charge on any atom is 0.272 e. The molecule has 1 fully saturated rings. The summed E-state index contributed by atoms with van der Waals surface area (Å²) in [6.07, 6.45) is 10.7. The molecule has 26 heavy (non-hydrogen) atoms. The number of pyridine rings is 1. The average molecular weight is 348 g/mol. The van der Waals surface area contributed by atoms with Crippen molar-refractivity contribution in [2.24, 2.45) is 7.05 Å². The van der Waals surface area contributed by atoms with Crippen molar-refractivity contribution in [2.75, 3.05) is 13.1 Å². The molecule has 1 atom stereocenters. The maximum atomic E-state index is 12.7. The third-order valence-corrected chi connectivity index (χ3v) is 4.74. The highest BCUT2D eigenvalue weighted by atomic mass is 16.2. The molecule has 1 amide bonds. The predicted octanol–water partition coefficient (Wildman–Crippen LogP) is 2.29. The smallest absolute Gasteiger partial charge is 0.272 e. The lowest BCUT2D eigenvalue weighted by molar-refractivity contribution is 0.0700. The Morgan fingerprint density at radius 2 is 2.12 bits per heavy atom. The van der Waals surface area contributed by atoms with Crippen molar-refractivity contribution in [1.82, 2.24) is 29.4 Å². The lowest BCUT2D eigenvalue weighted by Gasteiger charge is -2.32. The Hall–Kier alpha value is -3.09. The molecular weight excluding hydrogens is 328 g/mol. The van der Waals surface area contributed by atoms with Crippen LogP contribution in [0.15, 0.2) is 49.3 Å². The fraction of sp³-hybridized carbons (Fsp3) is 0.316. The molecule has 3 aromatic rings. The highest BCUT2D eigenvalue weighted by Crippen LogP contribution is 2.27. The van der Waals surface area contributed by atoms with E-state index in [1.54, 1.807) is 37.2 Å². The number of hydrogen-bond donors (Lipinski definition) is 0. The topological polar surface area (TPSA) is 76.8 Å². The van der Waals surface area contributed by atoms with Gasteiger partial charge in [0.15, 0.2) is 0 Å². The molecule has 0 aliphatic carbocycles. The maximum absolute atomic E-state index is 12.7. The fourth-order valence-electron chi connectivity index (χ4n) is 3.36. The second-order valence-electron chi connectivity index (χ2n) is 6.52. The quantitative estimate of drug-likeness (QED) is 0.726. The van der Waals surface area contributed by atoms with Crippen molar-refractivity contribution in [3.8, 4) is 11.4 Å². The van der Waals surface area contributed by atoms with E-state index in [0.29, 0.717) is 12.2 Å². The number of rotatable bonds is 3. The Kier molecular flexibility index (Phi) is 4.43. The van der Waals surface area contributed by atoms with Crippen LogP contribution in [-0.2, 0) is 7.05 Å². The van der Waals surface area contributed by atoms with Crippen LogP contribution >= 0.6 is 0 Å². The van der Waals surface area contributed by atoms with E-state index in [1.807, 2.05) is 28.6 Å². The molecule has 7 nitrogen and oxygen atoms in total. The van der Waals surface area contributed by atoms with Gasteiger partial charge < -0.3 is 9.47 Å². The molecule has 1 saturated heterocycles. The molecule has 1 aliphatic rings. The number of likely N-dealkylation sites (tertiary alicyclic amines) is 1. The van der Waals surface area contributed by atoms with Gasteiger partial charge in [-0.15, -0.1) is 0 Å². The summed E-state index contributed by atoms with van der Waals surface area (Å²) in [7, 11) is 1.94. The lowest BCUT2D eigenvalue weighted by atomic mass is 9.94. The molecule has 0 radical (unpaired) electrons. The fourth-order valence-corrected chi connectivity index (χ4v) is 3.36. The molecule has 4 heterocycles. The van der Waals surface area contributed by atoms with E-state index < -0.39 is 0 Å². The van der Waals surface area contributed by atoms with Crippen molar-refractivity contribution in [3.63, 3.8) is 0 Å². The monoisotopic (exact) mass is 348 g/mol. The zero-order chi connectivity index (χ0) is 17.9. The van der Waals surface area contributed by atoms with Crippen molar-refractivity contribution in [1.29, 1.82) is 0 Å². The van der Waals surface area contributed by atoms with E-state index in [1.165, 1.54) is 0 Å². The van der Waals surface area contributed by atoms with Crippen molar-refractivity contribution < 1.29 is 4.79 Å². The molecule has 1 aliphatic heterocycles. The van der Waals surface area contributed by atoms with Gasteiger partial charge in [0.05, 0.1) is 30.1 Å². The van der Waals surface area contributed by atoms with Gasteiger partial charge in [0.1, 0.15) is 11.4 Å². The summed E-state index contributed by atoms with van der Waals surface area (Å²) in [6, 6.07) is 5.41. The van der Waals surface area contributed by atoms with Gasteiger partial charge in [-0.3, -0.25) is 14.8 Å². The van der Waals surface area contributed by atoms with Gasteiger partial charge in [-0.25, -0.2) is 9.97 Å². The summed E-state index contributed by atoms with van der Waals surface area (Å²) in [5, 5.41) is 0. The van der Waals surface area contributed by atoms with Gasteiger partial charge in [-0.05, 0) is 25.0 Å². The molecular formula is C19H20N6O. The molecule has 0 N–H and O–H groups in total. The third-order valence-electron chi connectivity index (χ3n) is 4.74. The minimum absolute atomic E-state index is 0.0222. The van der Waals surface area contributed by atoms with E-state index in [0.717, 1.165) is 36.5 Å². The van der Waals surface area contributed by atoms with Crippen LogP contribution in [0.4, 0.5) is 0 Å². The van der Waals surface area contributed by atoms with Crippen LogP contribution in [0.5, 0.6) is 0 Å². The van der Waals surface area contributed by atoms with Crippen LogP contribution in [0, 0.1) is 0 Å². The molecule has 4 rings (SSSR count). The summed E-state index contributed by atoms with van der Waals surface area (Å²) in [5.74, 6) is 0.156. The van der Waals surface area contributed by atoms with E-state index in [4.69, 9.17) is 4.98 Å². The van der Waals surface area contributed by atoms with Gasteiger partial charge in [0.2, 0.25) is 0 Å². The molecule has 0 spiro atoms. The Morgan fingerprint density at radius 1 is 1.19 bits per heavy atom. The highest BCUT2D eigenvalue weighted by molar-refractivity contribution is 5.92. The van der Waals surface area contributed by atoms with Crippen LogP contribution < -0.4 is 0 Å². The van der Waals surface area contributed by atoms with Crippen LogP contribution in [0.3, 0.4) is 0 Å². The first-order chi connectivity index (χ1) is 12.7. The normalized spacial score (nSPS) is 17.3. The summed E-state index contributed by atoms with van der Waals surface area (Å²) in [6.45, 7) is 1.39.